The molecule has 0 saturated heterocycles. The van der Waals surface area contributed by atoms with Gasteiger partial charge in [0, 0.05) is 44.6 Å². The molecule has 4 rings (SSSR count). The smallest absolute Gasteiger partial charge is 0.119 e. The molecule has 4 nitrogen and oxygen atoms in total. The maximum atomic E-state index is 11.4. The maximum absolute atomic E-state index is 11.4. The molecule has 0 heterocycles. The van der Waals surface area contributed by atoms with E-state index in [2.05, 4.69) is 139 Å². The van der Waals surface area contributed by atoms with Gasteiger partial charge in [-0.15, -0.1) is 0 Å². The average molecular weight is 665 g/mol. The highest BCUT2D eigenvalue weighted by molar-refractivity contribution is 5.46. The molecule has 0 aliphatic carbocycles. The van der Waals surface area contributed by atoms with Gasteiger partial charge in [0.25, 0.3) is 0 Å². The van der Waals surface area contributed by atoms with Crippen LogP contribution in [0.5, 0.6) is 5.75 Å². The van der Waals surface area contributed by atoms with Crippen molar-refractivity contribution >= 4 is 0 Å². The minimum atomic E-state index is -0.453. The van der Waals surface area contributed by atoms with Crippen molar-refractivity contribution in [2.45, 2.75) is 116 Å². The summed E-state index contributed by atoms with van der Waals surface area (Å²) in [5.41, 5.74) is 6.05. The first-order chi connectivity index (χ1) is 23.4. The van der Waals surface area contributed by atoms with E-state index in [-0.39, 0.29) is 5.60 Å². The molecule has 0 amide bonds. The Morgan fingerprint density at radius 3 is 1.16 bits per heavy atom. The third kappa shape index (κ3) is 13.8. The van der Waals surface area contributed by atoms with E-state index in [9.17, 15) is 5.11 Å². The predicted octanol–water partition coefficient (Wildman–Crippen LogP) is 10.3. The van der Waals surface area contributed by atoms with Gasteiger partial charge in [-0.3, -0.25) is 0 Å². The van der Waals surface area contributed by atoms with E-state index >= 15 is 0 Å². The number of phenols is 1. The molecule has 49 heavy (non-hydrogen) atoms. The lowest BCUT2D eigenvalue weighted by Crippen LogP contribution is -2.33. The van der Waals surface area contributed by atoms with E-state index in [1.54, 1.807) is 0 Å². The lowest BCUT2D eigenvalue weighted by Gasteiger charge is -2.33. The summed E-state index contributed by atoms with van der Waals surface area (Å²) in [6, 6.07) is 35.7. The normalized spacial score (nSPS) is 12.4. The molecular formula is C45H60O4. The van der Waals surface area contributed by atoms with Crippen molar-refractivity contribution in [2.24, 2.45) is 0 Å². The molecule has 0 saturated carbocycles. The van der Waals surface area contributed by atoms with Gasteiger partial charge in [0.1, 0.15) is 5.75 Å². The SMILES string of the molecule is CC(C)(Cc1ccc(O)c(CC(C)(C)OCCCc2ccccc2)c1CC(C)(C)OCCCc1ccccc1)OCCCc1ccccc1. The van der Waals surface area contributed by atoms with Crippen molar-refractivity contribution in [1.29, 1.82) is 0 Å². The summed E-state index contributed by atoms with van der Waals surface area (Å²) in [5, 5.41) is 11.4. The number of phenolic OH excluding ortho intramolecular Hbond substituents is 1. The van der Waals surface area contributed by atoms with E-state index in [0.29, 0.717) is 38.4 Å². The van der Waals surface area contributed by atoms with Crippen LogP contribution in [0.3, 0.4) is 0 Å². The Bertz CT molecular complexity index is 1510. The predicted molar refractivity (Wildman–Crippen MR) is 204 cm³/mol. The Hall–Kier alpha value is -3.44. The monoisotopic (exact) mass is 664 g/mol. The lowest BCUT2D eigenvalue weighted by molar-refractivity contribution is -0.0245. The van der Waals surface area contributed by atoms with E-state index in [1.165, 1.54) is 22.3 Å². The highest BCUT2D eigenvalue weighted by Gasteiger charge is 2.30. The number of hydrogen-bond acceptors (Lipinski definition) is 4. The number of aryl methyl sites for hydroxylation is 3. The molecule has 0 aromatic heterocycles. The van der Waals surface area contributed by atoms with Crippen molar-refractivity contribution in [1.82, 2.24) is 0 Å². The Balaban J connectivity index is 1.46. The van der Waals surface area contributed by atoms with Gasteiger partial charge in [0.05, 0.1) is 16.8 Å². The van der Waals surface area contributed by atoms with Crippen LogP contribution in [0.1, 0.15) is 94.2 Å². The molecule has 0 fully saturated rings. The minimum absolute atomic E-state index is 0.321. The van der Waals surface area contributed by atoms with Gasteiger partial charge < -0.3 is 19.3 Å². The van der Waals surface area contributed by atoms with Crippen LogP contribution in [0.4, 0.5) is 0 Å². The summed E-state index contributed by atoms with van der Waals surface area (Å²) in [6.45, 7) is 15.0. The Morgan fingerprint density at radius 1 is 0.429 bits per heavy atom. The number of rotatable bonds is 21. The molecule has 0 atom stereocenters. The fourth-order valence-corrected chi connectivity index (χ4v) is 6.58. The van der Waals surface area contributed by atoms with Gasteiger partial charge in [-0.1, -0.05) is 97.1 Å². The first-order valence-electron chi connectivity index (χ1n) is 18.3. The Labute approximate surface area is 296 Å². The number of benzene rings is 4. The molecule has 0 aliphatic rings. The van der Waals surface area contributed by atoms with Crippen LogP contribution in [-0.2, 0) is 52.7 Å². The van der Waals surface area contributed by atoms with Crippen LogP contribution in [-0.4, -0.2) is 41.7 Å². The highest BCUT2D eigenvalue weighted by atomic mass is 16.5. The number of aromatic hydroxyl groups is 1. The van der Waals surface area contributed by atoms with E-state index in [4.69, 9.17) is 14.2 Å². The van der Waals surface area contributed by atoms with Gasteiger partial charge in [0.15, 0.2) is 0 Å². The summed E-state index contributed by atoms with van der Waals surface area (Å²) in [6.07, 6.45) is 7.89. The van der Waals surface area contributed by atoms with E-state index < -0.39 is 11.2 Å². The zero-order chi connectivity index (χ0) is 35.2. The Morgan fingerprint density at radius 2 is 0.776 bits per heavy atom. The molecule has 0 unspecified atom stereocenters. The maximum Gasteiger partial charge on any atom is 0.119 e. The molecule has 0 aliphatic heterocycles. The van der Waals surface area contributed by atoms with Crippen LogP contribution in [0.15, 0.2) is 103 Å². The van der Waals surface area contributed by atoms with Crippen molar-refractivity contribution in [3.63, 3.8) is 0 Å². The van der Waals surface area contributed by atoms with Crippen molar-refractivity contribution < 1.29 is 19.3 Å². The molecule has 4 aromatic carbocycles. The first-order valence-corrected chi connectivity index (χ1v) is 18.3. The zero-order valence-electron chi connectivity index (χ0n) is 31.0. The van der Waals surface area contributed by atoms with Crippen LogP contribution in [0, 0.1) is 0 Å². The topological polar surface area (TPSA) is 47.9 Å². The second-order valence-electron chi connectivity index (χ2n) is 15.3. The lowest BCUT2D eigenvalue weighted by atomic mass is 9.83. The van der Waals surface area contributed by atoms with E-state index in [1.807, 2.05) is 6.07 Å². The molecule has 264 valence electrons. The van der Waals surface area contributed by atoms with Crippen molar-refractivity contribution in [3.8, 4) is 5.75 Å². The molecule has 1 N–H and O–H groups in total. The summed E-state index contributed by atoms with van der Waals surface area (Å²) >= 11 is 0. The van der Waals surface area contributed by atoms with Gasteiger partial charge in [-0.2, -0.15) is 0 Å². The standard InChI is InChI=1S/C45H60O4/c1-43(2,47-30-16-25-36-19-10-7-11-20-36)33-39-28-29-42(46)41(35-45(5,6)49-32-18-27-38-23-14-9-15-24-38)40(39)34-44(3,4)48-31-17-26-37-21-12-8-13-22-37/h7-15,19-24,28-29,46H,16-18,25-27,30-35H2,1-6H3. The van der Waals surface area contributed by atoms with Gasteiger partial charge in [-0.05, 0) is 114 Å². The highest BCUT2D eigenvalue weighted by Crippen LogP contribution is 2.35. The fraction of sp³-hybridized carbons (Fsp3) is 0.467. The second kappa shape index (κ2) is 18.5. The van der Waals surface area contributed by atoms with E-state index in [0.717, 1.165) is 56.1 Å². The quantitative estimate of drug-likeness (QED) is 0.0901. The Kier molecular flexibility index (Phi) is 14.5. The van der Waals surface area contributed by atoms with Crippen molar-refractivity contribution in [3.05, 3.63) is 137 Å². The molecule has 4 aromatic rings. The van der Waals surface area contributed by atoms with Crippen LogP contribution >= 0.6 is 0 Å². The zero-order valence-corrected chi connectivity index (χ0v) is 31.0. The molecular weight excluding hydrogens is 604 g/mol. The van der Waals surface area contributed by atoms with Crippen LogP contribution in [0.2, 0.25) is 0 Å². The van der Waals surface area contributed by atoms with Gasteiger partial charge in [0.2, 0.25) is 0 Å². The van der Waals surface area contributed by atoms with Gasteiger partial charge in [-0.25, -0.2) is 0 Å². The first kappa shape index (κ1) is 38.4. The summed E-state index contributed by atoms with van der Waals surface area (Å²) in [5.74, 6) is 0.321. The van der Waals surface area contributed by atoms with Crippen molar-refractivity contribution in [2.75, 3.05) is 19.8 Å². The third-order valence-electron chi connectivity index (χ3n) is 9.16. The molecule has 0 bridgehead atoms. The average Bonchev–Trinajstić information content (AvgIpc) is 3.08. The molecule has 0 radical (unpaired) electrons. The minimum Gasteiger partial charge on any atom is -0.508 e. The van der Waals surface area contributed by atoms with Gasteiger partial charge >= 0.3 is 0 Å². The van der Waals surface area contributed by atoms with Crippen LogP contribution < -0.4 is 0 Å². The number of hydrogen-bond donors (Lipinski definition) is 1. The summed E-state index contributed by atoms with van der Waals surface area (Å²) in [7, 11) is 0. The molecule has 0 spiro atoms. The second-order valence-corrected chi connectivity index (χ2v) is 15.3. The molecule has 4 heteroatoms. The fourth-order valence-electron chi connectivity index (χ4n) is 6.58. The van der Waals surface area contributed by atoms with Crippen LogP contribution in [0.25, 0.3) is 0 Å². The number of ether oxygens (including phenoxy) is 3. The third-order valence-corrected chi connectivity index (χ3v) is 9.16. The summed E-state index contributed by atoms with van der Waals surface area (Å²) < 4.78 is 19.6. The summed E-state index contributed by atoms with van der Waals surface area (Å²) in [4.78, 5) is 0. The largest absolute Gasteiger partial charge is 0.508 e.